The van der Waals surface area contributed by atoms with Gasteiger partial charge >= 0.3 is 0 Å². The summed E-state index contributed by atoms with van der Waals surface area (Å²) in [6.07, 6.45) is 0. The Kier molecular flexibility index (Phi) is 3.68. The fraction of sp³-hybridized carbons (Fsp3) is 0.462. The molecule has 0 spiro atoms. The average Bonchev–Trinajstić information content (AvgIpc) is 2.17. The SMILES string of the molecule is CC(C)C(=O)NC(C)(C)c1ccccc1F. The molecule has 0 unspecified atom stereocenters. The minimum Gasteiger partial charge on any atom is -0.347 e. The monoisotopic (exact) mass is 223 g/mol. The van der Waals surface area contributed by atoms with E-state index in [1.807, 2.05) is 13.8 Å². The first kappa shape index (κ1) is 12.7. The van der Waals surface area contributed by atoms with E-state index in [1.54, 1.807) is 32.0 Å². The highest BCUT2D eigenvalue weighted by Crippen LogP contribution is 2.23. The van der Waals surface area contributed by atoms with Crippen LogP contribution in [-0.4, -0.2) is 5.91 Å². The minimum absolute atomic E-state index is 0.0757. The molecule has 0 aromatic heterocycles. The van der Waals surface area contributed by atoms with Gasteiger partial charge in [0.05, 0.1) is 5.54 Å². The lowest BCUT2D eigenvalue weighted by atomic mass is 9.93. The number of benzene rings is 1. The zero-order valence-corrected chi connectivity index (χ0v) is 10.2. The van der Waals surface area contributed by atoms with Crippen LogP contribution < -0.4 is 5.32 Å². The molecule has 0 aliphatic carbocycles. The van der Waals surface area contributed by atoms with Crippen LogP contribution in [0.4, 0.5) is 4.39 Å². The van der Waals surface area contributed by atoms with Crippen LogP contribution in [0.2, 0.25) is 0 Å². The van der Waals surface area contributed by atoms with Crippen molar-refractivity contribution in [2.75, 3.05) is 0 Å². The maximum absolute atomic E-state index is 13.6. The average molecular weight is 223 g/mol. The lowest BCUT2D eigenvalue weighted by molar-refractivity contribution is -0.125. The number of amides is 1. The van der Waals surface area contributed by atoms with E-state index in [1.165, 1.54) is 6.07 Å². The molecule has 0 bridgehead atoms. The van der Waals surface area contributed by atoms with Crippen molar-refractivity contribution in [2.24, 2.45) is 5.92 Å². The first-order valence-electron chi connectivity index (χ1n) is 5.41. The van der Waals surface area contributed by atoms with Gasteiger partial charge in [-0.15, -0.1) is 0 Å². The van der Waals surface area contributed by atoms with Gasteiger partial charge in [0, 0.05) is 11.5 Å². The van der Waals surface area contributed by atoms with Gasteiger partial charge in [0.25, 0.3) is 0 Å². The summed E-state index contributed by atoms with van der Waals surface area (Å²) in [5.41, 5.74) is -0.184. The molecule has 1 aromatic carbocycles. The lowest BCUT2D eigenvalue weighted by Gasteiger charge is -2.28. The van der Waals surface area contributed by atoms with Crippen LogP contribution in [0.25, 0.3) is 0 Å². The first-order chi connectivity index (χ1) is 7.34. The molecule has 0 atom stereocenters. The Morgan fingerprint density at radius 2 is 1.88 bits per heavy atom. The molecule has 0 heterocycles. The molecule has 1 amide bonds. The predicted molar refractivity (Wildman–Crippen MR) is 62.4 cm³/mol. The molecule has 1 N–H and O–H groups in total. The van der Waals surface area contributed by atoms with E-state index in [0.717, 1.165) is 0 Å². The second-order valence-corrected chi connectivity index (χ2v) is 4.75. The van der Waals surface area contributed by atoms with E-state index in [9.17, 15) is 9.18 Å². The van der Waals surface area contributed by atoms with Gasteiger partial charge in [0.2, 0.25) is 5.91 Å². The number of nitrogens with one attached hydrogen (secondary N) is 1. The third kappa shape index (κ3) is 2.81. The van der Waals surface area contributed by atoms with Gasteiger partial charge in [-0.05, 0) is 19.9 Å². The molecule has 0 saturated carbocycles. The Morgan fingerprint density at radius 3 is 2.38 bits per heavy atom. The molecule has 0 aliphatic heterocycles. The van der Waals surface area contributed by atoms with Crippen molar-refractivity contribution >= 4 is 5.91 Å². The molecule has 0 radical (unpaired) electrons. The van der Waals surface area contributed by atoms with Crippen LogP contribution in [0, 0.1) is 11.7 Å². The summed E-state index contributed by atoms with van der Waals surface area (Å²) in [6.45, 7) is 7.22. The Bertz CT molecular complexity index is 385. The quantitative estimate of drug-likeness (QED) is 0.838. The summed E-state index contributed by atoms with van der Waals surface area (Å²) < 4.78 is 13.6. The Labute approximate surface area is 95.9 Å². The molecular weight excluding hydrogens is 205 g/mol. The van der Waals surface area contributed by atoms with Gasteiger partial charge in [-0.25, -0.2) is 4.39 Å². The van der Waals surface area contributed by atoms with E-state index < -0.39 is 5.54 Å². The second-order valence-electron chi connectivity index (χ2n) is 4.75. The van der Waals surface area contributed by atoms with Crippen LogP contribution in [-0.2, 0) is 10.3 Å². The second kappa shape index (κ2) is 4.64. The molecule has 0 saturated heterocycles. The van der Waals surface area contributed by atoms with Crippen molar-refractivity contribution in [1.29, 1.82) is 0 Å². The highest BCUT2D eigenvalue weighted by atomic mass is 19.1. The predicted octanol–water partition coefficient (Wildman–Crippen LogP) is 2.83. The summed E-state index contributed by atoms with van der Waals surface area (Å²) in [6, 6.07) is 6.50. The van der Waals surface area contributed by atoms with Crippen molar-refractivity contribution in [1.82, 2.24) is 5.32 Å². The van der Waals surface area contributed by atoms with Crippen LogP contribution in [0.5, 0.6) is 0 Å². The van der Waals surface area contributed by atoms with Crippen molar-refractivity contribution in [2.45, 2.75) is 33.2 Å². The number of hydrogen-bond donors (Lipinski definition) is 1. The fourth-order valence-corrected chi connectivity index (χ4v) is 1.49. The van der Waals surface area contributed by atoms with E-state index in [0.29, 0.717) is 5.56 Å². The number of hydrogen-bond acceptors (Lipinski definition) is 1. The summed E-state index contributed by atoms with van der Waals surface area (Å²) in [4.78, 5) is 11.6. The third-order valence-corrected chi connectivity index (χ3v) is 2.51. The van der Waals surface area contributed by atoms with E-state index in [-0.39, 0.29) is 17.6 Å². The maximum Gasteiger partial charge on any atom is 0.223 e. The van der Waals surface area contributed by atoms with Crippen molar-refractivity contribution in [3.63, 3.8) is 0 Å². The fourth-order valence-electron chi connectivity index (χ4n) is 1.49. The number of carbonyl (C=O) groups is 1. The van der Waals surface area contributed by atoms with Crippen LogP contribution in [0.15, 0.2) is 24.3 Å². The van der Waals surface area contributed by atoms with Gasteiger partial charge < -0.3 is 5.32 Å². The van der Waals surface area contributed by atoms with Crippen LogP contribution in [0.3, 0.4) is 0 Å². The van der Waals surface area contributed by atoms with E-state index >= 15 is 0 Å². The van der Waals surface area contributed by atoms with Crippen molar-refractivity contribution < 1.29 is 9.18 Å². The number of rotatable bonds is 3. The Morgan fingerprint density at radius 1 is 1.31 bits per heavy atom. The highest BCUT2D eigenvalue weighted by molar-refractivity contribution is 5.78. The molecule has 88 valence electrons. The molecule has 0 aliphatic rings. The maximum atomic E-state index is 13.6. The summed E-state index contributed by atoms with van der Waals surface area (Å²) in [5.74, 6) is -0.476. The third-order valence-electron chi connectivity index (χ3n) is 2.51. The smallest absolute Gasteiger partial charge is 0.223 e. The standard InChI is InChI=1S/C13H18FNO/c1-9(2)12(16)15-13(3,4)10-7-5-6-8-11(10)14/h5-9H,1-4H3,(H,15,16). The summed E-state index contributed by atoms with van der Waals surface area (Å²) >= 11 is 0. The van der Waals surface area contributed by atoms with Gasteiger partial charge in [-0.1, -0.05) is 32.0 Å². The normalized spacial score (nSPS) is 11.6. The summed E-state index contributed by atoms with van der Waals surface area (Å²) in [5, 5.41) is 2.83. The van der Waals surface area contributed by atoms with Gasteiger partial charge in [-0.3, -0.25) is 4.79 Å². The molecule has 0 fully saturated rings. The van der Waals surface area contributed by atoms with Gasteiger partial charge in [0.1, 0.15) is 5.82 Å². The minimum atomic E-state index is -0.688. The zero-order chi connectivity index (χ0) is 12.3. The Hall–Kier alpha value is -1.38. The number of halogens is 1. The largest absolute Gasteiger partial charge is 0.347 e. The molecular formula is C13H18FNO. The molecule has 3 heteroatoms. The zero-order valence-electron chi connectivity index (χ0n) is 10.2. The van der Waals surface area contributed by atoms with Gasteiger partial charge in [-0.2, -0.15) is 0 Å². The topological polar surface area (TPSA) is 29.1 Å². The first-order valence-corrected chi connectivity index (χ1v) is 5.41. The van der Waals surface area contributed by atoms with Crippen LogP contribution in [0.1, 0.15) is 33.3 Å². The molecule has 16 heavy (non-hydrogen) atoms. The summed E-state index contributed by atoms with van der Waals surface area (Å²) in [7, 11) is 0. The molecule has 1 rings (SSSR count). The van der Waals surface area contributed by atoms with Crippen molar-refractivity contribution in [3.05, 3.63) is 35.6 Å². The van der Waals surface area contributed by atoms with Crippen molar-refractivity contribution in [3.8, 4) is 0 Å². The van der Waals surface area contributed by atoms with E-state index in [4.69, 9.17) is 0 Å². The Balaban J connectivity index is 2.94. The highest BCUT2D eigenvalue weighted by Gasteiger charge is 2.26. The van der Waals surface area contributed by atoms with Crippen LogP contribution >= 0.6 is 0 Å². The molecule has 2 nitrogen and oxygen atoms in total. The van der Waals surface area contributed by atoms with Gasteiger partial charge in [0.15, 0.2) is 0 Å². The van der Waals surface area contributed by atoms with E-state index in [2.05, 4.69) is 5.32 Å². The molecule has 1 aromatic rings. The number of carbonyl (C=O) groups excluding carboxylic acids is 1. The lowest BCUT2D eigenvalue weighted by Crippen LogP contribution is -2.43.